The standard InChI is InChI=1S/C13H22N2O2S/c1-9-10(2)18-12(15-9)13(14-5-6-16-3)7-11(8-13)17-4/h11,14H,5-8H2,1-4H3. The van der Waals surface area contributed by atoms with Gasteiger partial charge in [-0.05, 0) is 26.7 Å². The van der Waals surface area contributed by atoms with Crippen LogP contribution in [0.25, 0.3) is 0 Å². The highest BCUT2D eigenvalue weighted by molar-refractivity contribution is 7.11. The second-order valence-corrected chi connectivity index (χ2v) is 6.13. The maximum atomic E-state index is 5.41. The van der Waals surface area contributed by atoms with Gasteiger partial charge in [0.1, 0.15) is 5.01 Å². The maximum Gasteiger partial charge on any atom is 0.113 e. The summed E-state index contributed by atoms with van der Waals surface area (Å²) >= 11 is 1.80. The van der Waals surface area contributed by atoms with Crippen molar-refractivity contribution in [2.24, 2.45) is 0 Å². The molecule has 1 aromatic rings. The molecule has 0 atom stereocenters. The molecule has 102 valence electrons. The Hall–Kier alpha value is -0.490. The Morgan fingerprint density at radius 1 is 1.39 bits per heavy atom. The van der Waals surface area contributed by atoms with E-state index < -0.39 is 0 Å². The largest absolute Gasteiger partial charge is 0.383 e. The third kappa shape index (κ3) is 2.59. The number of methoxy groups -OCH3 is 2. The minimum absolute atomic E-state index is 0.00287. The van der Waals surface area contributed by atoms with E-state index in [2.05, 4.69) is 19.2 Å². The van der Waals surface area contributed by atoms with E-state index in [0.29, 0.717) is 6.10 Å². The average Bonchev–Trinajstić information content (AvgIpc) is 2.63. The minimum atomic E-state index is 0.00287. The Balaban J connectivity index is 2.10. The fraction of sp³-hybridized carbons (Fsp3) is 0.769. The van der Waals surface area contributed by atoms with Gasteiger partial charge in [-0.25, -0.2) is 4.98 Å². The predicted octanol–water partition coefficient (Wildman–Crippen LogP) is 2.00. The number of hydrogen-bond donors (Lipinski definition) is 1. The molecule has 0 bridgehead atoms. The summed E-state index contributed by atoms with van der Waals surface area (Å²) in [6.07, 6.45) is 2.35. The van der Waals surface area contributed by atoms with Gasteiger partial charge in [0.2, 0.25) is 0 Å². The highest BCUT2D eigenvalue weighted by Gasteiger charge is 2.47. The summed E-state index contributed by atoms with van der Waals surface area (Å²) in [5.74, 6) is 0. The maximum absolute atomic E-state index is 5.41. The molecular formula is C13H22N2O2S. The van der Waals surface area contributed by atoms with Gasteiger partial charge in [-0.2, -0.15) is 0 Å². The summed E-state index contributed by atoms with van der Waals surface area (Å²) in [5.41, 5.74) is 1.15. The van der Waals surface area contributed by atoms with E-state index in [1.165, 1.54) is 9.88 Å². The number of ether oxygens (including phenoxy) is 2. The number of nitrogens with zero attached hydrogens (tertiary/aromatic N) is 1. The zero-order valence-corrected chi connectivity index (χ0v) is 12.4. The first kappa shape index (κ1) is 13.9. The van der Waals surface area contributed by atoms with Crippen molar-refractivity contribution >= 4 is 11.3 Å². The molecule has 1 N–H and O–H groups in total. The smallest absolute Gasteiger partial charge is 0.113 e. The molecular weight excluding hydrogens is 248 g/mol. The first-order valence-electron chi connectivity index (χ1n) is 6.32. The van der Waals surface area contributed by atoms with Crippen LogP contribution in [-0.2, 0) is 15.0 Å². The summed E-state index contributed by atoms with van der Waals surface area (Å²) in [6, 6.07) is 0. The molecule has 1 aliphatic carbocycles. The van der Waals surface area contributed by atoms with E-state index >= 15 is 0 Å². The predicted molar refractivity (Wildman–Crippen MR) is 73.2 cm³/mol. The monoisotopic (exact) mass is 270 g/mol. The molecule has 1 saturated carbocycles. The van der Waals surface area contributed by atoms with Crippen molar-refractivity contribution in [3.63, 3.8) is 0 Å². The Bertz CT molecular complexity index is 380. The van der Waals surface area contributed by atoms with Crippen LogP contribution in [0.15, 0.2) is 0 Å². The second kappa shape index (κ2) is 5.65. The van der Waals surface area contributed by atoms with Crippen LogP contribution in [-0.4, -0.2) is 38.5 Å². The van der Waals surface area contributed by atoms with Gasteiger partial charge < -0.3 is 14.8 Å². The summed E-state index contributed by atoms with van der Waals surface area (Å²) in [4.78, 5) is 6.02. The van der Waals surface area contributed by atoms with Crippen molar-refractivity contribution in [2.45, 2.75) is 38.3 Å². The molecule has 0 unspecified atom stereocenters. The molecule has 0 saturated heterocycles. The summed E-state index contributed by atoms with van der Waals surface area (Å²) in [5, 5.41) is 4.79. The van der Waals surface area contributed by atoms with Gasteiger partial charge in [-0.3, -0.25) is 0 Å². The van der Waals surface area contributed by atoms with Crippen LogP contribution >= 0.6 is 11.3 Å². The van der Waals surface area contributed by atoms with Crippen molar-refractivity contribution in [3.05, 3.63) is 15.6 Å². The van der Waals surface area contributed by atoms with Crippen molar-refractivity contribution in [3.8, 4) is 0 Å². The van der Waals surface area contributed by atoms with Crippen LogP contribution < -0.4 is 5.32 Å². The number of thiazole rings is 1. The molecule has 5 heteroatoms. The highest BCUT2D eigenvalue weighted by Crippen LogP contribution is 2.44. The van der Waals surface area contributed by atoms with Crippen molar-refractivity contribution < 1.29 is 9.47 Å². The first-order chi connectivity index (χ1) is 8.61. The van der Waals surface area contributed by atoms with Crippen molar-refractivity contribution in [2.75, 3.05) is 27.4 Å². The number of hydrogen-bond acceptors (Lipinski definition) is 5. The van der Waals surface area contributed by atoms with E-state index in [1.807, 2.05) is 0 Å². The number of aromatic nitrogens is 1. The van der Waals surface area contributed by atoms with Crippen LogP contribution in [0.3, 0.4) is 0 Å². The quantitative estimate of drug-likeness (QED) is 0.803. The molecule has 18 heavy (non-hydrogen) atoms. The molecule has 0 radical (unpaired) electrons. The Morgan fingerprint density at radius 3 is 2.61 bits per heavy atom. The van der Waals surface area contributed by atoms with Gasteiger partial charge in [0, 0.05) is 25.6 Å². The van der Waals surface area contributed by atoms with E-state index in [-0.39, 0.29) is 5.54 Å². The Kier molecular flexibility index (Phi) is 4.37. The summed E-state index contributed by atoms with van der Waals surface area (Å²) in [6.45, 7) is 5.78. The molecule has 1 heterocycles. The van der Waals surface area contributed by atoms with Crippen LogP contribution in [0.5, 0.6) is 0 Å². The third-order valence-electron chi connectivity index (χ3n) is 3.69. The van der Waals surface area contributed by atoms with Gasteiger partial charge in [0.15, 0.2) is 0 Å². The van der Waals surface area contributed by atoms with E-state index in [0.717, 1.165) is 31.7 Å². The fourth-order valence-corrected chi connectivity index (χ4v) is 3.45. The van der Waals surface area contributed by atoms with Gasteiger partial charge in [-0.1, -0.05) is 0 Å². The fourth-order valence-electron chi connectivity index (χ4n) is 2.35. The van der Waals surface area contributed by atoms with Gasteiger partial charge in [-0.15, -0.1) is 11.3 Å². The molecule has 0 spiro atoms. The molecule has 1 aromatic heterocycles. The minimum Gasteiger partial charge on any atom is -0.383 e. The van der Waals surface area contributed by atoms with E-state index in [9.17, 15) is 0 Å². The topological polar surface area (TPSA) is 43.4 Å². The third-order valence-corrected chi connectivity index (χ3v) is 4.97. The molecule has 2 rings (SSSR count). The van der Waals surface area contributed by atoms with Crippen LogP contribution in [0.1, 0.15) is 28.4 Å². The second-order valence-electron chi connectivity index (χ2n) is 4.93. The molecule has 0 aromatic carbocycles. The summed E-state index contributed by atoms with van der Waals surface area (Å²) in [7, 11) is 3.51. The van der Waals surface area contributed by atoms with Crippen LogP contribution in [0.4, 0.5) is 0 Å². The lowest BCUT2D eigenvalue weighted by atomic mass is 9.74. The number of rotatable bonds is 6. The Morgan fingerprint density at radius 2 is 2.11 bits per heavy atom. The molecule has 0 aliphatic heterocycles. The SMILES string of the molecule is COCCNC1(c2nc(C)c(C)s2)CC(OC)C1. The van der Waals surface area contributed by atoms with Crippen LogP contribution in [0, 0.1) is 13.8 Å². The summed E-state index contributed by atoms with van der Waals surface area (Å²) < 4.78 is 10.5. The van der Waals surface area contributed by atoms with Gasteiger partial charge in [0.25, 0.3) is 0 Å². The first-order valence-corrected chi connectivity index (χ1v) is 7.14. The van der Waals surface area contributed by atoms with Gasteiger partial charge in [0.05, 0.1) is 23.9 Å². The zero-order valence-electron chi connectivity index (χ0n) is 11.6. The lowest BCUT2D eigenvalue weighted by Crippen LogP contribution is -2.56. The Labute approximate surface area is 113 Å². The number of aryl methyl sites for hydroxylation is 2. The lowest BCUT2D eigenvalue weighted by Gasteiger charge is -2.46. The lowest BCUT2D eigenvalue weighted by molar-refractivity contribution is -0.0350. The van der Waals surface area contributed by atoms with E-state index in [4.69, 9.17) is 14.5 Å². The van der Waals surface area contributed by atoms with E-state index in [1.54, 1.807) is 25.6 Å². The zero-order chi connectivity index (χ0) is 13.2. The van der Waals surface area contributed by atoms with Gasteiger partial charge >= 0.3 is 0 Å². The van der Waals surface area contributed by atoms with Crippen molar-refractivity contribution in [1.29, 1.82) is 0 Å². The average molecular weight is 270 g/mol. The molecule has 1 fully saturated rings. The van der Waals surface area contributed by atoms with Crippen molar-refractivity contribution in [1.82, 2.24) is 10.3 Å². The molecule has 0 amide bonds. The number of nitrogens with one attached hydrogen (secondary N) is 1. The highest BCUT2D eigenvalue weighted by atomic mass is 32.1. The molecule has 4 nitrogen and oxygen atoms in total. The normalized spacial score (nSPS) is 27.2. The van der Waals surface area contributed by atoms with Crippen LogP contribution in [0.2, 0.25) is 0 Å². The molecule has 1 aliphatic rings.